The number of rotatable bonds is 7. The van der Waals surface area contributed by atoms with Gasteiger partial charge >= 0.3 is 0 Å². The molecule has 0 aromatic heterocycles. The summed E-state index contributed by atoms with van der Waals surface area (Å²) >= 11 is 0. The number of nitrogens with one attached hydrogen (secondary N) is 3. The van der Waals surface area contributed by atoms with E-state index in [0.29, 0.717) is 16.9 Å². The van der Waals surface area contributed by atoms with E-state index in [0.717, 1.165) is 0 Å². The summed E-state index contributed by atoms with van der Waals surface area (Å²) in [6, 6.07) is 22.0. The summed E-state index contributed by atoms with van der Waals surface area (Å²) in [4.78, 5) is 24.0. The van der Waals surface area contributed by atoms with Crippen LogP contribution in [0.25, 0.3) is 0 Å². The quantitative estimate of drug-likeness (QED) is 0.542. The second kappa shape index (κ2) is 9.34. The number of carbonyl (C=O) groups excluding carboxylic acids is 2. The van der Waals surface area contributed by atoms with Gasteiger partial charge in [0.1, 0.15) is 6.04 Å². The fraction of sp³-hybridized carbons (Fsp3) is 0.0909. The molecule has 0 fully saturated rings. The summed E-state index contributed by atoms with van der Waals surface area (Å²) in [6.45, 7) is 1.36. The second-order valence-corrected chi connectivity index (χ2v) is 8.24. The van der Waals surface area contributed by atoms with Gasteiger partial charge in [-0.2, -0.15) is 4.72 Å². The molecular formula is C22H21N3O4S. The van der Waals surface area contributed by atoms with Crippen LogP contribution in [-0.2, 0) is 19.6 Å². The number of para-hydroxylation sites is 1. The summed E-state index contributed by atoms with van der Waals surface area (Å²) in [6.07, 6.45) is 0. The van der Waals surface area contributed by atoms with E-state index >= 15 is 0 Å². The van der Waals surface area contributed by atoms with Crippen LogP contribution in [0.1, 0.15) is 18.5 Å². The van der Waals surface area contributed by atoms with Crippen molar-refractivity contribution >= 4 is 33.2 Å². The number of anilines is 2. The van der Waals surface area contributed by atoms with Crippen LogP contribution in [0.15, 0.2) is 89.8 Å². The van der Waals surface area contributed by atoms with Crippen LogP contribution < -0.4 is 15.4 Å². The van der Waals surface area contributed by atoms with Crippen molar-refractivity contribution in [3.63, 3.8) is 0 Å². The maximum Gasteiger partial charge on any atom is 0.247 e. The minimum Gasteiger partial charge on any atom is -0.326 e. The molecule has 0 spiro atoms. The number of carbonyl (C=O) groups is 2. The standard InChI is InChI=1S/C22H21N3O4S/c1-16(26)23-19-12-14-20(15-13-19)30(28,29)25-21(17-8-4-2-5-9-17)22(27)24-18-10-6-3-7-11-18/h2-15,21,25H,1H3,(H,23,26)(H,24,27). The fourth-order valence-corrected chi connectivity index (χ4v) is 3.98. The van der Waals surface area contributed by atoms with Gasteiger partial charge in [0.05, 0.1) is 4.90 Å². The molecule has 2 amide bonds. The van der Waals surface area contributed by atoms with E-state index in [1.54, 1.807) is 54.6 Å². The Labute approximate surface area is 175 Å². The molecule has 1 unspecified atom stereocenters. The van der Waals surface area contributed by atoms with Crippen LogP contribution in [0.3, 0.4) is 0 Å². The van der Waals surface area contributed by atoms with Crippen LogP contribution in [-0.4, -0.2) is 20.2 Å². The molecule has 0 saturated heterocycles. The highest BCUT2D eigenvalue weighted by Gasteiger charge is 2.27. The molecule has 0 heterocycles. The molecule has 0 saturated carbocycles. The normalized spacial score (nSPS) is 12.0. The first kappa shape index (κ1) is 21.2. The largest absolute Gasteiger partial charge is 0.326 e. The highest BCUT2D eigenvalue weighted by Crippen LogP contribution is 2.21. The Hall–Kier alpha value is -3.49. The van der Waals surface area contributed by atoms with Gasteiger partial charge in [0.15, 0.2) is 0 Å². The van der Waals surface area contributed by atoms with E-state index in [1.165, 1.54) is 31.2 Å². The third kappa shape index (κ3) is 5.53. The van der Waals surface area contributed by atoms with Crippen LogP contribution >= 0.6 is 0 Å². The number of hydrogen-bond acceptors (Lipinski definition) is 4. The number of amides is 2. The number of sulfonamides is 1. The van der Waals surface area contributed by atoms with Crippen molar-refractivity contribution in [1.82, 2.24) is 4.72 Å². The molecule has 3 aromatic rings. The van der Waals surface area contributed by atoms with E-state index in [-0.39, 0.29) is 10.8 Å². The Morgan fingerprint density at radius 3 is 1.83 bits per heavy atom. The molecule has 3 N–H and O–H groups in total. The van der Waals surface area contributed by atoms with Crippen LogP contribution in [0, 0.1) is 0 Å². The van der Waals surface area contributed by atoms with Gasteiger partial charge in [0, 0.05) is 18.3 Å². The minimum absolute atomic E-state index is 0.0231. The molecule has 0 bridgehead atoms. The summed E-state index contributed by atoms with van der Waals surface area (Å²) in [5, 5.41) is 5.31. The van der Waals surface area contributed by atoms with Crippen molar-refractivity contribution in [2.45, 2.75) is 17.9 Å². The Bertz CT molecular complexity index is 1120. The van der Waals surface area contributed by atoms with Gasteiger partial charge in [-0.1, -0.05) is 48.5 Å². The first-order valence-corrected chi connectivity index (χ1v) is 10.6. The maximum atomic E-state index is 12.9. The highest BCUT2D eigenvalue weighted by molar-refractivity contribution is 7.89. The number of benzene rings is 3. The first-order chi connectivity index (χ1) is 14.3. The van der Waals surface area contributed by atoms with Crippen molar-refractivity contribution in [1.29, 1.82) is 0 Å². The molecule has 0 aliphatic carbocycles. The number of hydrogen-bond donors (Lipinski definition) is 3. The lowest BCUT2D eigenvalue weighted by molar-refractivity contribution is -0.118. The van der Waals surface area contributed by atoms with Crippen molar-refractivity contribution < 1.29 is 18.0 Å². The minimum atomic E-state index is -4.01. The summed E-state index contributed by atoms with van der Waals surface area (Å²) in [7, 11) is -4.01. The lowest BCUT2D eigenvalue weighted by Gasteiger charge is -2.19. The Morgan fingerprint density at radius 1 is 0.733 bits per heavy atom. The van der Waals surface area contributed by atoms with Gasteiger partial charge in [-0.05, 0) is 42.0 Å². The third-order valence-corrected chi connectivity index (χ3v) is 5.63. The molecule has 3 rings (SSSR count). The van der Waals surface area contributed by atoms with Gasteiger partial charge in [-0.15, -0.1) is 0 Å². The van der Waals surface area contributed by atoms with Crippen molar-refractivity contribution in [3.8, 4) is 0 Å². The lowest BCUT2D eigenvalue weighted by atomic mass is 10.1. The highest BCUT2D eigenvalue weighted by atomic mass is 32.2. The predicted octanol–water partition coefficient (Wildman–Crippen LogP) is 3.30. The van der Waals surface area contributed by atoms with E-state index in [1.807, 2.05) is 6.07 Å². The monoisotopic (exact) mass is 423 g/mol. The molecule has 0 radical (unpaired) electrons. The van der Waals surface area contributed by atoms with E-state index in [2.05, 4.69) is 15.4 Å². The van der Waals surface area contributed by atoms with Gasteiger partial charge < -0.3 is 10.6 Å². The lowest BCUT2D eigenvalue weighted by Crippen LogP contribution is -2.37. The fourth-order valence-electron chi connectivity index (χ4n) is 2.80. The van der Waals surface area contributed by atoms with E-state index < -0.39 is 22.0 Å². The van der Waals surface area contributed by atoms with Crippen molar-refractivity contribution in [2.75, 3.05) is 10.6 Å². The molecule has 154 valence electrons. The molecule has 0 aliphatic rings. The van der Waals surface area contributed by atoms with Gasteiger partial charge in [-0.25, -0.2) is 8.42 Å². The average molecular weight is 423 g/mol. The molecule has 30 heavy (non-hydrogen) atoms. The average Bonchev–Trinajstić information content (AvgIpc) is 2.73. The summed E-state index contributed by atoms with van der Waals surface area (Å²) in [5.74, 6) is -0.767. The smallest absolute Gasteiger partial charge is 0.247 e. The van der Waals surface area contributed by atoms with Crippen LogP contribution in [0.5, 0.6) is 0 Å². The Balaban J connectivity index is 1.86. The predicted molar refractivity (Wildman–Crippen MR) is 115 cm³/mol. The van der Waals surface area contributed by atoms with Gasteiger partial charge in [-0.3, -0.25) is 9.59 Å². The van der Waals surface area contributed by atoms with Crippen LogP contribution in [0.4, 0.5) is 11.4 Å². The molecule has 8 heteroatoms. The molecular weight excluding hydrogens is 402 g/mol. The third-order valence-electron chi connectivity index (χ3n) is 4.19. The molecule has 7 nitrogen and oxygen atoms in total. The summed E-state index contributed by atoms with van der Waals surface area (Å²) in [5.41, 5.74) is 1.54. The molecule has 0 aliphatic heterocycles. The van der Waals surface area contributed by atoms with E-state index in [9.17, 15) is 18.0 Å². The van der Waals surface area contributed by atoms with E-state index in [4.69, 9.17) is 0 Å². The van der Waals surface area contributed by atoms with Gasteiger partial charge in [0.2, 0.25) is 21.8 Å². The zero-order chi connectivity index (χ0) is 21.6. The van der Waals surface area contributed by atoms with Crippen LogP contribution in [0.2, 0.25) is 0 Å². The first-order valence-electron chi connectivity index (χ1n) is 9.16. The summed E-state index contributed by atoms with van der Waals surface area (Å²) < 4.78 is 28.3. The zero-order valence-corrected chi connectivity index (χ0v) is 17.0. The molecule has 1 atom stereocenters. The van der Waals surface area contributed by atoms with Crippen molar-refractivity contribution in [2.24, 2.45) is 0 Å². The zero-order valence-electron chi connectivity index (χ0n) is 16.2. The molecule has 3 aromatic carbocycles. The topological polar surface area (TPSA) is 104 Å². The maximum absolute atomic E-state index is 12.9. The Kier molecular flexibility index (Phi) is 6.61. The Morgan fingerprint density at radius 2 is 1.27 bits per heavy atom. The second-order valence-electron chi connectivity index (χ2n) is 6.53. The van der Waals surface area contributed by atoms with Crippen molar-refractivity contribution in [3.05, 3.63) is 90.5 Å². The van der Waals surface area contributed by atoms with Gasteiger partial charge in [0.25, 0.3) is 0 Å². The SMILES string of the molecule is CC(=O)Nc1ccc(S(=O)(=O)NC(C(=O)Nc2ccccc2)c2ccccc2)cc1.